The summed E-state index contributed by atoms with van der Waals surface area (Å²) < 4.78 is 39.7. The molecule has 2 amide bonds. The highest BCUT2D eigenvalue weighted by Crippen LogP contribution is 2.61. The van der Waals surface area contributed by atoms with Crippen molar-refractivity contribution in [1.29, 1.82) is 0 Å². The van der Waals surface area contributed by atoms with Crippen molar-refractivity contribution in [3.05, 3.63) is 76.4 Å². The quantitative estimate of drug-likeness (QED) is 0.403. The third-order valence-electron chi connectivity index (χ3n) is 8.79. The third kappa shape index (κ3) is 4.56. The number of rotatable bonds is 7. The second kappa shape index (κ2) is 9.85. The zero-order valence-electron chi connectivity index (χ0n) is 23.2. The summed E-state index contributed by atoms with van der Waals surface area (Å²) in [4.78, 5) is 36.7. The molecule has 1 unspecified atom stereocenters. The largest absolute Gasteiger partial charge is 0.493 e. The topological polar surface area (TPSA) is 119 Å². The summed E-state index contributed by atoms with van der Waals surface area (Å²) in [7, 11) is 0. The number of amides is 2. The number of aliphatic imine (C=N–C) groups is 1. The number of ether oxygens (including phenoxy) is 1. The van der Waals surface area contributed by atoms with Gasteiger partial charge in [-0.2, -0.15) is 0 Å². The Morgan fingerprint density at radius 2 is 1.90 bits per heavy atom. The number of hydrogen-bond acceptors (Lipinski definition) is 7. The van der Waals surface area contributed by atoms with Gasteiger partial charge in [0.1, 0.15) is 23.6 Å². The number of halogens is 2. The van der Waals surface area contributed by atoms with Crippen LogP contribution in [0.5, 0.6) is 5.75 Å². The molecule has 9 nitrogen and oxygen atoms in total. The lowest BCUT2D eigenvalue weighted by molar-refractivity contribution is -0.119. The first-order valence-electron chi connectivity index (χ1n) is 14.1. The number of hydrogen-bond donors (Lipinski definition) is 2. The molecule has 2 saturated carbocycles. The highest BCUT2D eigenvalue weighted by molar-refractivity contribution is 6.24. The minimum atomic E-state index is -1.14. The predicted octanol–water partition coefficient (Wildman–Crippen LogP) is 5.17. The maximum absolute atomic E-state index is 14.6. The van der Waals surface area contributed by atoms with E-state index in [4.69, 9.17) is 9.26 Å². The van der Waals surface area contributed by atoms with E-state index in [0.717, 1.165) is 47.5 Å². The lowest BCUT2D eigenvalue weighted by atomic mass is 9.75. The molecule has 0 radical (unpaired) electrons. The van der Waals surface area contributed by atoms with Crippen molar-refractivity contribution in [2.75, 3.05) is 18.5 Å². The molecule has 2 fully saturated rings. The first-order chi connectivity index (χ1) is 20.2. The van der Waals surface area contributed by atoms with E-state index in [1.165, 1.54) is 6.26 Å². The Kier molecular flexibility index (Phi) is 6.21. The lowest BCUT2D eigenvalue weighted by Crippen LogP contribution is -2.52. The molecule has 11 heteroatoms. The maximum atomic E-state index is 14.6. The van der Waals surface area contributed by atoms with Gasteiger partial charge < -0.3 is 19.9 Å². The van der Waals surface area contributed by atoms with Crippen LogP contribution in [0.25, 0.3) is 5.57 Å². The fourth-order valence-corrected chi connectivity index (χ4v) is 6.23. The first-order valence-corrected chi connectivity index (χ1v) is 14.1. The molecule has 2 aliphatic carbocycles. The van der Waals surface area contributed by atoms with E-state index in [0.29, 0.717) is 36.3 Å². The number of aromatic nitrogens is 2. The molecule has 0 saturated heterocycles. The number of pyridine rings is 1. The summed E-state index contributed by atoms with van der Waals surface area (Å²) in [6, 6.07) is 4.51. The minimum Gasteiger partial charge on any atom is -0.493 e. The Labute approximate surface area is 240 Å². The summed E-state index contributed by atoms with van der Waals surface area (Å²) in [5.41, 5.74) is 4.86. The molecule has 7 rings (SSSR count). The van der Waals surface area contributed by atoms with Crippen LogP contribution in [0.2, 0.25) is 0 Å². The van der Waals surface area contributed by atoms with Crippen molar-refractivity contribution in [3.8, 4) is 5.75 Å². The maximum Gasteiger partial charge on any atom is 0.257 e. The highest BCUT2D eigenvalue weighted by atomic mass is 19.2. The van der Waals surface area contributed by atoms with Gasteiger partial charge in [0.2, 0.25) is 5.91 Å². The van der Waals surface area contributed by atoms with Crippen LogP contribution in [-0.2, 0) is 4.79 Å². The monoisotopic (exact) mass is 573 g/mol. The lowest BCUT2D eigenvalue weighted by Gasteiger charge is -2.38. The van der Waals surface area contributed by atoms with E-state index < -0.39 is 40.8 Å². The van der Waals surface area contributed by atoms with Gasteiger partial charge in [0.05, 0.1) is 36.4 Å². The number of carbonyl (C=O) groups is 2. The Bertz CT molecular complexity index is 1670. The van der Waals surface area contributed by atoms with Gasteiger partial charge in [0.25, 0.3) is 5.91 Å². The number of benzene rings is 1. The minimum absolute atomic E-state index is 0.143. The van der Waals surface area contributed by atoms with Crippen LogP contribution in [0.15, 0.2) is 51.8 Å². The van der Waals surface area contributed by atoms with E-state index in [9.17, 15) is 18.4 Å². The second-order valence-electron chi connectivity index (χ2n) is 11.8. The van der Waals surface area contributed by atoms with E-state index in [1.807, 2.05) is 19.9 Å². The van der Waals surface area contributed by atoms with Gasteiger partial charge in [0.15, 0.2) is 11.6 Å². The van der Waals surface area contributed by atoms with Crippen molar-refractivity contribution in [3.63, 3.8) is 0 Å². The van der Waals surface area contributed by atoms with Crippen molar-refractivity contribution in [1.82, 2.24) is 15.5 Å². The second-order valence-corrected chi connectivity index (χ2v) is 11.8. The Balaban J connectivity index is 1.23. The molecule has 216 valence electrons. The number of nitrogens with one attached hydrogen (secondary N) is 2. The van der Waals surface area contributed by atoms with E-state index in [-0.39, 0.29) is 23.8 Å². The van der Waals surface area contributed by atoms with Gasteiger partial charge in [0, 0.05) is 40.2 Å². The van der Waals surface area contributed by atoms with Crippen molar-refractivity contribution in [2.45, 2.75) is 57.4 Å². The van der Waals surface area contributed by atoms with Gasteiger partial charge in [-0.3, -0.25) is 19.6 Å². The smallest absolute Gasteiger partial charge is 0.257 e. The number of carbonyl (C=O) groups excluding carboxylic acids is 2. The molecule has 42 heavy (non-hydrogen) atoms. The van der Waals surface area contributed by atoms with Gasteiger partial charge >= 0.3 is 0 Å². The molecule has 3 aromatic rings. The van der Waals surface area contributed by atoms with Crippen LogP contribution in [0, 0.1) is 17.0 Å². The van der Waals surface area contributed by atoms with Crippen LogP contribution >= 0.6 is 0 Å². The Morgan fingerprint density at radius 3 is 2.57 bits per heavy atom. The van der Waals surface area contributed by atoms with Crippen LogP contribution < -0.4 is 15.4 Å². The van der Waals surface area contributed by atoms with E-state index >= 15 is 0 Å². The van der Waals surface area contributed by atoms with Gasteiger partial charge in [-0.25, -0.2) is 8.78 Å². The number of allylic oxidation sites excluding steroid dienone is 1. The van der Waals surface area contributed by atoms with Crippen molar-refractivity contribution >= 4 is 28.8 Å². The molecule has 4 heterocycles. The van der Waals surface area contributed by atoms with Crippen molar-refractivity contribution in [2.24, 2.45) is 10.4 Å². The Hall–Kier alpha value is -4.41. The van der Waals surface area contributed by atoms with Crippen LogP contribution in [0.4, 0.5) is 14.5 Å². The number of nitrogens with zero attached hydrogens (tertiary/aromatic N) is 3. The first kappa shape index (κ1) is 26.5. The molecular weight excluding hydrogens is 544 g/mol. The number of anilines is 1. The standard InChI is InChI=1S/C31H29F2N5O4/c1-15-11-34-16(2)25(15)23-6-5-18(12-35-23)36-30(40)28(37-29(39)20-13-42-38-27(20)17-3-4-17)26-19-9-21(32)22(33)10-24(19)41-14-31(26)7-8-31/h5-6,9-10,12-13,17,26,28H,3-4,7-8,11,14H2,1-2H3,(H,36,40)(H,37,39)/t26?,28-/m0/s1. The van der Waals surface area contributed by atoms with Gasteiger partial charge in [-0.05, 0) is 63.3 Å². The Morgan fingerprint density at radius 1 is 1.12 bits per heavy atom. The molecule has 4 aliphatic rings. The normalized spacial score (nSPS) is 21.0. The molecule has 2 atom stereocenters. The summed E-state index contributed by atoms with van der Waals surface area (Å²) in [5.74, 6) is -3.47. The number of fused-ring (bicyclic) bond motifs is 1. The molecule has 2 aromatic heterocycles. The summed E-state index contributed by atoms with van der Waals surface area (Å²) >= 11 is 0. The van der Waals surface area contributed by atoms with E-state index in [2.05, 4.69) is 25.8 Å². The van der Waals surface area contributed by atoms with Gasteiger partial charge in [-0.1, -0.05) is 5.16 Å². The average Bonchev–Trinajstić information content (AvgIpc) is 3.89. The fourth-order valence-electron chi connectivity index (χ4n) is 6.23. The molecule has 1 spiro atoms. The van der Waals surface area contributed by atoms with Crippen LogP contribution in [-0.4, -0.2) is 46.9 Å². The zero-order chi connectivity index (χ0) is 29.2. The fraction of sp³-hybridized carbons (Fsp3) is 0.387. The van der Waals surface area contributed by atoms with Crippen LogP contribution in [0.3, 0.4) is 0 Å². The SMILES string of the molecule is CC1=NCC(C)=C1c1ccc(NC(=O)[C@@H](NC(=O)c2conc2C2CC2)C2c3cc(F)c(F)cc3OCC23CC3)cn1. The molecule has 2 N–H and O–H groups in total. The highest BCUT2D eigenvalue weighted by Gasteiger charge is 2.58. The van der Waals surface area contributed by atoms with Crippen molar-refractivity contribution < 1.29 is 27.6 Å². The molecule has 2 aliphatic heterocycles. The average molecular weight is 574 g/mol. The predicted molar refractivity (Wildman–Crippen MR) is 149 cm³/mol. The summed E-state index contributed by atoms with van der Waals surface area (Å²) in [6.07, 6.45) is 6.07. The van der Waals surface area contributed by atoms with Crippen LogP contribution in [0.1, 0.15) is 78.7 Å². The molecule has 1 aromatic carbocycles. The zero-order valence-corrected chi connectivity index (χ0v) is 23.2. The third-order valence-corrected chi connectivity index (χ3v) is 8.79. The summed E-state index contributed by atoms with van der Waals surface area (Å²) in [5, 5.41) is 9.81. The molecular formula is C31H29F2N5O4. The molecule has 0 bridgehead atoms. The van der Waals surface area contributed by atoms with E-state index in [1.54, 1.807) is 12.3 Å². The van der Waals surface area contributed by atoms with Gasteiger partial charge in [-0.15, -0.1) is 0 Å². The summed E-state index contributed by atoms with van der Waals surface area (Å²) in [6.45, 7) is 4.81.